The number of nitrogens with one attached hydrogen (secondary N) is 3. The lowest BCUT2D eigenvalue weighted by atomic mass is 9.83. The van der Waals surface area contributed by atoms with Gasteiger partial charge < -0.3 is 73.8 Å². The van der Waals surface area contributed by atoms with Crippen LogP contribution in [0.4, 0.5) is 68.3 Å². The van der Waals surface area contributed by atoms with Crippen LogP contribution in [-0.2, 0) is 14.2 Å². The summed E-state index contributed by atoms with van der Waals surface area (Å²) in [5.41, 5.74) is 3.14. The Balaban J connectivity index is 0.000000205. The van der Waals surface area contributed by atoms with Gasteiger partial charge in [0, 0.05) is 116 Å². The highest BCUT2D eigenvalue weighted by atomic mass is 19.4. The number of alkyl halides is 9. The first-order chi connectivity index (χ1) is 61.5. The lowest BCUT2D eigenvalue weighted by molar-refractivity contribution is -0.275. The highest BCUT2D eigenvalue weighted by Gasteiger charge is 2.47. The first-order valence-electron chi connectivity index (χ1n) is 45.6. The minimum absolute atomic E-state index is 0.0469. The maximum atomic E-state index is 13.7. The summed E-state index contributed by atoms with van der Waals surface area (Å²) in [6.45, 7) is 43.6. The highest BCUT2D eigenvalue weighted by molar-refractivity contribution is 5.77. The van der Waals surface area contributed by atoms with Crippen LogP contribution in [0, 0.1) is 16.2 Å². The van der Waals surface area contributed by atoms with Gasteiger partial charge in [0.2, 0.25) is 0 Å². The van der Waals surface area contributed by atoms with Gasteiger partial charge in [-0.2, -0.15) is 0 Å². The quantitative estimate of drug-likeness (QED) is 0.0642. The van der Waals surface area contributed by atoms with E-state index in [-0.39, 0.29) is 124 Å². The number of amides is 9. The van der Waals surface area contributed by atoms with Gasteiger partial charge in [0.15, 0.2) is 0 Å². The Morgan fingerprint density at radius 2 is 0.477 bits per heavy atom. The number of hydrogen-bond acceptors (Lipinski definition) is 15. The number of carbonyl (C=O) groups is 6. The van der Waals surface area contributed by atoms with Crippen molar-refractivity contribution in [3.05, 3.63) is 197 Å². The van der Waals surface area contributed by atoms with Crippen molar-refractivity contribution in [3.8, 4) is 17.2 Å². The van der Waals surface area contributed by atoms with Gasteiger partial charge in [0.1, 0.15) is 34.1 Å². The summed E-state index contributed by atoms with van der Waals surface area (Å²) in [7, 11) is 0. The third-order valence-corrected chi connectivity index (χ3v) is 24.2. The van der Waals surface area contributed by atoms with Crippen LogP contribution in [-0.4, -0.2) is 251 Å². The fourth-order valence-corrected chi connectivity index (χ4v) is 17.7. The number of piperidine rings is 3. The predicted molar refractivity (Wildman–Crippen MR) is 487 cm³/mol. The van der Waals surface area contributed by atoms with Crippen LogP contribution in [0.25, 0.3) is 0 Å². The van der Waals surface area contributed by atoms with Gasteiger partial charge in [-0.3, -0.25) is 14.7 Å². The third kappa shape index (κ3) is 31.1. The molecule has 726 valence electrons. The van der Waals surface area contributed by atoms with Crippen LogP contribution in [0.5, 0.6) is 17.2 Å². The van der Waals surface area contributed by atoms with E-state index >= 15 is 0 Å². The number of halogens is 9. The number of urea groups is 3. The van der Waals surface area contributed by atoms with Crippen molar-refractivity contribution < 1.29 is 96.7 Å². The monoisotopic (exact) mass is 1860 g/mol. The molecule has 33 heteroatoms. The lowest BCUT2D eigenvalue weighted by Gasteiger charge is -2.49. The van der Waals surface area contributed by atoms with Crippen molar-refractivity contribution >= 4 is 36.4 Å². The van der Waals surface area contributed by atoms with Crippen LogP contribution in [0.15, 0.2) is 164 Å². The number of piperazine rings is 3. The van der Waals surface area contributed by atoms with Gasteiger partial charge >= 0.3 is 55.5 Å². The van der Waals surface area contributed by atoms with Gasteiger partial charge in [0.05, 0.1) is 36.3 Å². The van der Waals surface area contributed by atoms with Crippen LogP contribution in [0.2, 0.25) is 0 Å². The molecule has 0 aliphatic carbocycles. The second-order valence-corrected chi connectivity index (χ2v) is 41.1. The maximum absolute atomic E-state index is 13.7. The number of nitrogens with zero attached hydrogens (tertiary/aromatic N) is 9. The molecule has 6 atom stereocenters. The molecule has 0 bridgehead atoms. The van der Waals surface area contributed by atoms with Crippen molar-refractivity contribution in [2.45, 2.75) is 253 Å². The van der Waals surface area contributed by atoms with E-state index in [0.29, 0.717) is 137 Å². The number of rotatable bonds is 15. The van der Waals surface area contributed by atoms with Crippen molar-refractivity contribution in [2.75, 3.05) is 98.2 Å². The number of hydrogen-bond donors (Lipinski definition) is 3. The van der Waals surface area contributed by atoms with Crippen molar-refractivity contribution in [2.24, 2.45) is 16.2 Å². The molecule has 24 nitrogen and oxygen atoms in total. The molecule has 6 aliphatic rings. The zero-order valence-electron chi connectivity index (χ0n) is 79.5. The van der Waals surface area contributed by atoms with Gasteiger partial charge in [0.25, 0.3) is 0 Å². The number of likely N-dealkylation sites (tertiary alicyclic amines) is 3. The van der Waals surface area contributed by atoms with Gasteiger partial charge in [-0.05, 0) is 187 Å². The van der Waals surface area contributed by atoms with Crippen molar-refractivity contribution in [1.29, 1.82) is 0 Å². The Labute approximate surface area is 771 Å². The van der Waals surface area contributed by atoms with Crippen molar-refractivity contribution in [3.63, 3.8) is 0 Å². The molecule has 6 aliphatic heterocycles. The van der Waals surface area contributed by atoms with Crippen molar-refractivity contribution in [1.82, 2.24) is 60.0 Å². The summed E-state index contributed by atoms with van der Waals surface area (Å²) in [6.07, 6.45) is -11.4. The van der Waals surface area contributed by atoms with E-state index in [1.165, 1.54) is 36.4 Å². The molecule has 6 heterocycles. The molecule has 3 unspecified atom stereocenters. The first kappa shape index (κ1) is 104. The van der Waals surface area contributed by atoms with E-state index in [9.17, 15) is 68.3 Å². The topological polar surface area (TPSA) is 223 Å². The normalized spacial score (nSPS) is 19.8. The van der Waals surface area contributed by atoms with Gasteiger partial charge in [-0.25, -0.2) is 28.8 Å². The molecular weight excluding hydrogens is 1720 g/mol. The molecule has 6 fully saturated rings. The van der Waals surface area contributed by atoms with Crippen LogP contribution in [0.3, 0.4) is 0 Å². The maximum Gasteiger partial charge on any atom is 0.573 e. The number of carbonyl (C=O) groups excluding carboxylic acids is 6. The molecule has 12 rings (SSSR count). The fraction of sp³-hybridized carbons (Fsp3) is 0.576. The molecule has 0 radical (unpaired) electrons. The molecule has 132 heavy (non-hydrogen) atoms. The minimum Gasteiger partial charge on any atom is -0.444 e. The van der Waals surface area contributed by atoms with E-state index in [1.807, 2.05) is 168 Å². The van der Waals surface area contributed by atoms with Crippen LogP contribution >= 0.6 is 0 Å². The standard InChI is InChI=1S/3C33H45F3N4O4/c3*1-31(2,3)27-22-39(28(23-10-8-7-9-11-23)24-12-14-26(15-13-24)43-33(34,35)36)20-21-40(27)29(41)37-25-16-18-38(19-17-25)30(42)44-32(4,5)6/h3*7-15,25,27-28H,16-22H2,1-6H3,(H,37,41)/t3*27-,28?/m111/s1. The smallest absolute Gasteiger partial charge is 0.444 e. The summed E-state index contributed by atoms with van der Waals surface area (Å²) >= 11 is 0. The predicted octanol–water partition coefficient (Wildman–Crippen LogP) is 20.4. The Hall–Kier alpha value is -10.4. The van der Waals surface area contributed by atoms with E-state index in [0.717, 1.165) is 33.4 Å². The molecule has 3 N–H and O–H groups in total. The zero-order valence-corrected chi connectivity index (χ0v) is 79.5. The molecule has 0 aromatic heterocycles. The molecule has 6 aromatic rings. The van der Waals surface area contributed by atoms with E-state index < -0.39 is 35.9 Å². The second-order valence-electron chi connectivity index (χ2n) is 41.1. The molecule has 6 saturated heterocycles. The molecule has 0 saturated carbocycles. The average Bonchev–Trinajstić information content (AvgIpc) is 0.783. The molecule has 0 spiro atoms. The second kappa shape index (κ2) is 43.3. The summed E-state index contributed by atoms with van der Waals surface area (Å²) in [5.74, 6) is -0.794. The highest BCUT2D eigenvalue weighted by Crippen LogP contribution is 2.42. The summed E-state index contributed by atoms with van der Waals surface area (Å²) in [5, 5.41) is 9.64. The summed E-state index contributed by atoms with van der Waals surface area (Å²) in [6, 6.07) is 46.1. The van der Waals surface area contributed by atoms with E-state index in [4.69, 9.17) is 14.2 Å². The number of ether oxygens (including phenoxy) is 6. The Morgan fingerprint density at radius 1 is 0.280 bits per heavy atom. The minimum atomic E-state index is -4.76. The van der Waals surface area contributed by atoms with Gasteiger partial charge in [-0.15, -0.1) is 39.5 Å². The third-order valence-electron chi connectivity index (χ3n) is 24.2. The molecule has 6 aromatic carbocycles. The van der Waals surface area contributed by atoms with Crippen LogP contribution < -0.4 is 30.2 Å². The first-order valence-corrected chi connectivity index (χ1v) is 45.6. The summed E-state index contributed by atoms with van der Waals surface area (Å²) in [4.78, 5) is 96.1. The van der Waals surface area contributed by atoms with E-state index in [2.05, 4.69) is 107 Å². The average molecular weight is 1860 g/mol. The SMILES string of the molecule is CC(C)(C)OC(=O)N1CCC(NC(=O)N2CCN(C(c3ccccc3)c3ccc(OC(F)(F)F)cc3)C[C@@H]2C(C)(C)C)CC1.CC(C)(C)OC(=O)N1CCC(NC(=O)N2CCN(C(c3ccccc3)c3ccc(OC(F)(F)F)cc3)C[C@@H]2C(C)(C)C)CC1.CC(C)(C)OC(=O)N1CCC(NC(=O)N2CCN(C(c3ccccc3)c3ccc(OC(F)(F)F)cc3)C[C@@H]2C(C)(C)C)CC1. The van der Waals surface area contributed by atoms with Gasteiger partial charge in [-0.1, -0.05) is 190 Å². The molecule has 9 amide bonds. The van der Waals surface area contributed by atoms with Crippen LogP contribution in [0.1, 0.15) is 215 Å². The molecular formula is C99H135F9N12O12. The Bertz CT molecular complexity index is 4220. The lowest BCUT2D eigenvalue weighted by Crippen LogP contribution is -2.63. The largest absolute Gasteiger partial charge is 0.573 e. The summed E-state index contributed by atoms with van der Waals surface area (Å²) < 4.78 is 144. The Morgan fingerprint density at radius 3 is 0.659 bits per heavy atom. The zero-order chi connectivity index (χ0) is 96.9. The number of benzene rings is 6. The van der Waals surface area contributed by atoms with E-state index in [1.54, 1.807) is 51.1 Å². The Kier molecular flexibility index (Phi) is 34.0. The fourth-order valence-electron chi connectivity index (χ4n) is 17.7.